The summed E-state index contributed by atoms with van der Waals surface area (Å²) in [6, 6.07) is 0. The van der Waals surface area contributed by atoms with E-state index in [1.54, 1.807) is 0 Å². The molecule has 0 heterocycles. The molecule has 5 N–H and O–H groups in total. The number of aliphatic carboxylic acids is 2. The molecule has 0 saturated carbocycles. The molecule has 16 heteroatoms. The third kappa shape index (κ3) is 36.0. The molecular formula is C4H6F2NaO12P. The van der Waals surface area contributed by atoms with Crippen molar-refractivity contribution in [3.63, 3.8) is 0 Å². The van der Waals surface area contributed by atoms with Gasteiger partial charge in [0.25, 0.3) is 0 Å². The van der Waals surface area contributed by atoms with Crippen LogP contribution in [-0.2, 0) is 33.6 Å². The summed E-state index contributed by atoms with van der Waals surface area (Å²) in [4.78, 5) is 63.1. The second-order valence-corrected chi connectivity index (χ2v) is 2.88. The molecule has 0 radical (unpaired) electrons. The van der Waals surface area contributed by atoms with Crippen LogP contribution in [0.5, 0.6) is 0 Å². The van der Waals surface area contributed by atoms with Gasteiger partial charge in [0.15, 0.2) is 0 Å². The molecule has 0 amide bonds. The SMILES string of the molecule is O=C(O)C(=O)O.O=C(OF)C(=O)OF.O=P(O)(O)O.[NaH]. The average molecular weight is 338 g/mol. The van der Waals surface area contributed by atoms with Crippen molar-refractivity contribution in [3.8, 4) is 0 Å². The number of phosphoric acid groups is 1. The molecule has 0 aliphatic rings. The predicted octanol–water partition coefficient (Wildman–Crippen LogP) is -2.58. The fourth-order valence-corrected chi connectivity index (χ4v) is 0.0630. The van der Waals surface area contributed by atoms with E-state index in [-0.39, 0.29) is 29.6 Å². The van der Waals surface area contributed by atoms with Crippen molar-refractivity contribution in [2.75, 3.05) is 0 Å². The van der Waals surface area contributed by atoms with E-state index < -0.39 is 31.7 Å². The second kappa shape index (κ2) is 14.3. The number of rotatable bonds is 0. The van der Waals surface area contributed by atoms with E-state index in [0.717, 1.165) is 0 Å². The minimum absolute atomic E-state index is 0. The molecule has 0 aliphatic carbocycles. The van der Waals surface area contributed by atoms with Gasteiger partial charge in [-0.2, -0.15) is 0 Å². The molecule has 0 saturated heterocycles. The normalized spacial score (nSPS) is 8.25. The Kier molecular flexibility index (Phi) is 19.4. The fraction of sp³-hybridized carbons (Fsp3) is 0. The Hall–Kier alpha value is -1.15. The molecule has 12 nitrogen and oxygen atoms in total. The zero-order valence-electron chi connectivity index (χ0n) is 8.30. The Morgan fingerprint density at radius 1 is 0.800 bits per heavy atom. The molecular weight excluding hydrogens is 332 g/mol. The molecule has 0 bridgehead atoms. The summed E-state index contributed by atoms with van der Waals surface area (Å²) in [7, 11) is -4.64. The van der Waals surface area contributed by atoms with Crippen LogP contribution in [0.4, 0.5) is 9.05 Å². The van der Waals surface area contributed by atoms with Gasteiger partial charge in [-0.15, -0.1) is 0 Å². The molecule has 0 rings (SSSR count). The van der Waals surface area contributed by atoms with Crippen LogP contribution in [0.2, 0.25) is 0 Å². The molecule has 0 unspecified atom stereocenters. The first-order chi connectivity index (χ1) is 8.36. The first kappa shape index (κ1) is 27.2. The van der Waals surface area contributed by atoms with Crippen LogP contribution < -0.4 is 0 Å². The van der Waals surface area contributed by atoms with Gasteiger partial charge in [0.05, 0.1) is 0 Å². The standard InChI is InChI=1S/C2F2O4.C2H2O4.Na.H3O4P.H/c3-7-1(5)2(6)8-4;3-1(4)2(5)6;;1-5(2,3)4;/h;(H,3,4)(H,5,6);;(H3,1,2,3,4);. The Morgan fingerprint density at radius 3 is 1.00 bits per heavy atom. The van der Waals surface area contributed by atoms with E-state index in [1.807, 2.05) is 0 Å². The average Bonchev–Trinajstić information content (AvgIpc) is 2.25. The molecule has 0 aliphatic heterocycles. The third-order valence-electron chi connectivity index (χ3n) is 0.490. The second-order valence-electron chi connectivity index (χ2n) is 1.85. The summed E-state index contributed by atoms with van der Waals surface area (Å²) in [6.07, 6.45) is 0. The first-order valence-electron chi connectivity index (χ1n) is 3.26. The monoisotopic (exact) mass is 338 g/mol. The van der Waals surface area contributed by atoms with Crippen LogP contribution in [0.3, 0.4) is 0 Å². The van der Waals surface area contributed by atoms with E-state index in [4.69, 9.17) is 39.0 Å². The summed E-state index contributed by atoms with van der Waals surface area (Å²) in [5.41, 5.74) is 0. The number of hydrogen-bond donors (Lipinski definition) is 5. The van der Waals surface area contributed by atoms with Gasteiger partial charge >= 0.3 is 61.3 Å². The Bertz CT molecular complexity index is 343. The third-order valence-corrected chi connectivity index (χ3v) is 0.490. The van der Waals surface area contributed by atoms with Gasteiger partial charge < -0.3 is 24.9 Å². The van der Waals surface area contributed by atoms with Crippen LogP contribution in [0.15, 0.2) is 0 Å². The van der Waals surface area contributed by atoms with Gasteiger partial charge in [0.1, 0.15) is 0 Å². The summed E-state index contributed by atoms with van der Waals surface area (Å²) >= 11 is 0. The van der Waals surface area contributed by atoms with Crippen molar-refractivity contribution >= 4 is 61.3 Å². The van der Waals surface area contributed by atoms with Gasteiger partial charge in [-0.05, 0) is 0 Å². The number of carbonyl (C=O) groups is 4. The molecule has 114 valence electrons. The summed E-state index contributed by atoms with van der Waals surface area (Å²) in [6.45, 7) is 0. The topological polar surface area (TPSA) is 205 Å². The van der Waals surface area contributed by atoms with Crippen LogP contribution >= 0.6 is 7.82 Å². The van der Waals surface area contributed by atoms with Crippen molar-refractivity contribution < 1.29 is 67.6 Å². The zero-order chi connectivity index (χ0) is 16.2. The van der Waals surface area contributed by atoms with Crippen LogP contribution in [0.1, 0.15) is 0 Å². The molecule has 0 aromatic carbocycles. The van der Waals surface area contributed by atoms with Crippen molar-refractivity contribution in [2.45, 2.75) is 0 Å². The summed E-state index contributed by atoms with van der Waals surface area (Å²) < 4.78 is 29.9. The molecule has 0 spiro atoms. The van der Waals surface area contributed by atoms with Crippen molar-refractivity contribution in [3.05, 3.63) is 0 Å². The summed E-state index contributed by atoms with van der Waals surface area (Å²) in [5.74, 6) is -7.69. The van der Waals surface area contributed by atoms with Gasteiger partial charge in [0.2, 0.25) is 0 Å². The maximum absolute atomic E-state index is 10.5. The van der Waals surface area contributed by atoms with E-state index in [2.05, 4.69) is 9.88 Å². The van der Waals surface area contributed by atoms with Gasteiger partial charge in [-0.3, -0.25) is 0 Å². The Balaban J connectivity index is -0.0000000966. The van der Waals surface area contributed by atoms with Gasteiger partial charge in [-0.25, -0.2) is 33.6 Å². The van der Waals surface area contributed by atoms with Crippen molar-refractivity contribution in [1.82, 2.24) is 0 Å². The number of carbonyl (C=O) groups excluding carboxylic acids is 2. The van der Waals surface area contributed by atoms with Crippen LogP contribution in [0, 0.1) is 0 Å². The number of hydrogen-bond acceptors (Lipinski definition) is 7. The molecule has 0 aromatic heterocycles. The number of carboxylic acids is 2. The van der Waals surface area contributed by atoms with Crippen molar-refractivity contribution in [1.29, 1.82) is 0 Å². The molecule has 0 aromatic rings. The van der Waals surface area contributed by atoms with E-state index in [0.29, 0.717) is 0 Å². The Morgan fingerprint density at radius 2 is 0.950 bits per heavy atom. The van der Waals surface area contributed by atoms with E-state index >= 15 is 0 Å². The van der Waals surface area contributed by atoms with Crippen LogP contribution in [0.25, 0.3) is 0 Å². The van der Waals surface area contributed by atoms with Crippen molar-refractivity contribution in [2.24, 2.45) is 0 Å². The maximum atomic E-state index is 10.5. The van der Waals surface area contributed by atoms with Crippen LogP contribution in [-0.4, -0.2) is 78.3 Å². The number of carboxylic acid groups (broad SMARTS) is 2. The molecule has 20 heavy (non-hydrogen) atoms. The van der Waals surface area contributed by atoms with E-state index in [9.17, 15) is 18.6 Å². The van der Waals surface area contributed by atoms with E-state index in [1.165, 1.54) is 0 Å². The molecule has 0 fully saturated rings. The Labute approximate surface area is 129 Å². The first-order valence-corrected chi connectivity index (χ1v) is 4.83. The predicted molar refractivity (Wildman–Crippen MR) is 51.1 cm³/mol. The quantitative estimate of drug-likeness (QED) is 0.175. The zero-order valence-corrected chi connectivity index (χ0v) is 9.19. The van der Waals surface area contributed by atoms with Gasteiger partial charge in [0, 0.05) is 9.05 Å². The minimum atomic E-state index is -4.64. The fourth-order valence-electron chi connectivity index (χ4n) is 0.0630. The van der Waals surface area contributed by atoms with Gasteiger partial charge in [-0.1, -0.05) is 0 Å². The number of halogens is 2. The molecule has 0 atom stereocenters. The summed E-state index contributed by atoms with van der Waals surface area (Å²) in [5, 5.41) is 14.8.